The smallest absolute Gasteiger partial charge is 0.281 e. The van der Waals surface area contributed by atoms with Gasteiger partial charge >= 0.3 is 0 Å². The zero-order valence-corrected chi connectivity index (χ0v) is 17.1. The summed E-state index contributed by atoms with van der Waals surface area (Å²) in [5.41, 5.74) is 4.36. The van der Waals surface area contributed by atoms with Crippen LogP contribution in [0.5, 0.6) is 5.75 Å². The molecule has 0 aliphatic carbocycles. The number of amides is 3. The van der Waals surface area contributed by atoms with Crippen LogP contribution in [-0.2, 0) is 25.6 Å². The Bertz CT molecular complexity index is 795. The number of nitrogens with one attached hydrogen (secondary N) is 2. The second kappa shape index (κ2) is 10.1. The van der Waals surface area contributed by atoms with Gasteiger partial charge in [0.1, 0.15) is 17.8 Å². The average molecular weight is 420 g/mol. The number of aromatic hydroxyl groups is 1. The van der Waals surface area contributed by atoms with Crippen LogP contribution in [0.3, 0.4) is 0 Å². The van der Waals surface area contributed by atoms with Crippen LogP contribution in [0.4, 0.5) is 0 Å². The molecule has 0 bridgehead atoms. The van der Waals surface area contributed by atoms with E-state index in [2.05, 4.69) is 16.4 Å². The molecule has 0 unspecified atom stereocenters. The van der Waals surface area contributed by atoms with Crippen LogP contribution in [0.25, 0.3) is 0 Å². The van der Waals surface area contributed by atoms with E-state index >= 15 is 0 Å². The highest BCUT2D eigenvalue weighted by atomic mass is 16.4. The fraction of sp³-hybridized carbons (Fsp3) is 0.500. The first-order valence-corrected chi connectivity index (χ1v) is 9.83. The molecule has 3 amide bonds. The monoisotopic (exact) mass is 420 g/mol. The lowest BCUT2D eigenvalue weighted by molar-refractivity contribution is -0.400. The highest BCUT2D eigenvalue weighted by Crippen LogP contribution is 2.19. The first-order valence-electron chi connectivity index (χ1n) is 9.83. The maximum atomic E-state index is 12.9. The quantitative estimate of drug-likeness (QED) is 0.357. The third-order valence-corrected chi connectivity index (χ3v) is 4.98. The maximum Gasteiger partial charge on any atom is 0.281 e. The van der Waals surface area contributed by atoms with Gasteiger partial charge in [-0.25, -0.2) is 0 Å². The lowest BCUT2D eigenvalue weighted by atomic mass is 10.0. The number of hydrogen-bond donors (Lipinski definition) is 4. The number of rotatable bonds is 8. The van der Waals surface area contributed by atoms with Crippen molar-refractivity contribution in [2.75, 3.05) is 6.54 Å². The van der Waals surface area contributed by atoms with Crippen LogP contribution < -0.4 is 21.5 Å². The van der Waals surface area contributed by atoms with Crippen molar-refractivity contribution in [3.8, 4) is 5.75 Å². The standard InChI is InChI=1S/C20H28N4O6/c1-11(21)19(28)24-9-3-4-16(24)18(27)23-15(17(26)22-12(2)20(29)30)10-13-5-7-14(25)8-6-13/h5-8,11-12,15-16,25H,3-4,9-10,21H2,1-2H3,(H,22,26)(H,23,27)(H,29,30)/t11-,12-,15-,16-/m0/s1. The normalized spacial score (nSPS) is 18.9. The molecule has 1 aromatic rings. The Kier molecular flexibility index (Phi) is 7.76. The highest BCUT2D eigenvalue weighted by Gasteiger charge is 2.37. The van der Waals surface area contributed by atoms with Gasteiger partial charge in [0.2, 0.25) is 11.8 Å². The van der Waals surface area contributed by atoms with E-state index in [1.165, 1.54) is 24.0 Å². The molecule has 1 aliphatic heterocycles. The summed E-state index contributed by atoms with van der Waals surface area (Å²) < 4.78 is 0. The zero-order valence-electron chi connectivity index (χ0n) is 17.1. The van der Waals surface area contributed by atoms with Gasteiger partial charge in [0.25, 0.3) is 5.91 Å². The summed E-state index contributed by atoms with van der Waals surface area (Å²) in [7, 11) is 0. The predicted octanol–water partition coefficient (Wildman–Crippen LogP) is -2.70. The minimum absolute atomic E-state index is 0.0526. The number of carbonyl (C=O) groups is 4. The van der Waals surface area contributed by atoms with E-state index in [9.17, 15) is 29.4 Å². The molecule has 0 aromatic heterocycles. The van der Waals surface area contributed by atoms with Crippen molar-refractivity contribution in [1.82, 2.24) is 15.5 Å². The highest BCUT2D eigenvalue weighted by molar-refractivity contribution is 5.94. The molecular formula is C20H28N4O6. The van der Waals surface area contributed by atoms with Gasteiger partial charge in [0.05, 0.1) is 12.0 Å². The number of carboxylic acids is 1. The molecule has 6 N–H and O–H groups in total. The van der Waals surface area contributed by atoms with Gasteiger partial charge in [-0.1, -0.05) is 12.1 Å². The largest absolute Gasteiger partial charge is 0.548 e. The van der Waals surface area contributed by atoms with Crippen LogP contribution >= 0.6 is 0 Å². The van der Waals surface area contributed by atoms with E-state index in [-0.39, 0.29) is 18.1 Å². The number of carbonyl (C=O) groups excluding carboxylic acids is 4. The molecule has 1 aliphatic rings. The third-order valence-electron chi connectivity index (χ3n) is 4.98. The molecule has 2 rings (SSSR count). The van der Waals surface area contributed by atoms with Gasteiger partial charge in [0.15, 0.2) is 6.04 Å². The second-order valence-corrected chi connectivity index (χ2v) is 7.57. The van der Waals surface area contributed by atoms with E-state index < -0.39 is 42.0 Å². The van der Waals surface area contributed by atoms with Crippen LogP contribution in [-0.4, -0.2) is 64.4 Å². The number of benzene rings is 1. The molecule has 4 atom stereocenters. The number of likely N-dealkylation sites (tertiary alicyclic amines) is 1. The van der Waals surface area contributed by atoms with Gasteiger partial charge < -0.3 is 36.3 Å². The van der Waals surface area contributed by atoms with Crippen LogP contribution in [0, 0.1) is 0 Å². The molecule has 1 heterocycles. The summed E-state index contributed by atoms with van der Waals surface area (Å²) in [4.78, 5) is 50.3. The molecule has 10 heteroatoms. The fourth-order valence-corrected chi connectivity index (χ4v) is 3.30. The minimum Gasteiger partial charge on any atom is -0.548 e. The summed E-state index contributed by atoms with van der Waals surface area (Å²) >= 11 is 0. The van der Waals surface area contributed by atoms with E-state index in [0.29, 0.717) is 24.9 Å². The Hall–Kier alpha value is -3.14. The predicted molar refractivity (Wildman–Crippen MR) is 103 cm³/mol. The van der Waals surface area contributed by atoms with Crippen molar-refractivity contribution in [2.24, 2.45) is 0 Å². The molecule has 10 nitrogen and oxygen atoms in total. The lowest BCUT2D eigenvalue weighted by Gasteiger charge is -2.27. The molecular weight excluding hydrogens is 392 g/mol. The summed E-state index contributed by atoms with van der Waals surface area (Å²) in [6, 6.07) is 2.56. The van der Waals surface area contributed by atoms with Crippen molar-refractivity contribution in [1.29, 1.82) is 0 Å². The van der Waals surface area contributed by atoms with E-state index in [4.69, 9.17) is 0 Å². The number of hydrogen-bond acceptors (Lipinski definition) is 6. The molecule has 1 saturated heterocycles. The van der Waals surface area contributed by atoms with E-state index in [1.54, 1.807) is 19.1 Å². The first kappa shape index (κ1) is 23.1. The molecule has 0 radical (unpaired) electrons. The van der Waals surface area contributed by atoms with Crippen molar-refractivity contribution in [2.45, 2.75) is 57.3 Å². The number of nitrogens with zero attached hydrogens (tertiary/aromatic N) is 1. The number of carboxylic acid groups (broad SMARTS) is 1. The Morgan fingerprint density at radius 3 is 2.40 bits per heavy atom. The topological polar surface area (TPSA) is 167 Å². The summed E-state index contributed by atoms with van der Waals surface area (Å²) in [5, 5.41) is 25.4. The van der Waals surface area contributed by atoms with Crippen LogP contribution in [0.1, 0.15) is 32.3 Å². The number of phenols is 1. The Balaban J connectivity index is 2.17. The summed E-state index contributed by atoms with van der Waals surface area (Å²) in [5.74, 6) is -2.80. The molecule has 30 heavy (non-hydrogen) atoms. The van der Waals surface area contributed by atoms with Gasteiger partial charge in [-0.05, 0) is 44.4 Å². The second-order valence-electron chi connectivity index (χ2n) is 7.57. The van der Waals surface area contributed by atoms with E-state index in [0.717, 1.165) is 0 Å². The van der Waals surface area contributed by atoms with Gasteiger partial charge in [-0.3, -0.25) is 14.4 Å². The van der Waals surface area contributed by atoms with E-state index in [1.807, 2.05) is 0 Å². The van der Waals surface area contributed by atoms with Crippen molar-refractivity contribution >= 4 is 23.7 Å². The fourth-order valence-electron chi connectivity index (χ4n) is 3.30. The lowest BCUT2D eigenvalue weighted by Crippen LogP contribution is -2.67. The summed E-state index contributed by atoms with van der Waals surface area (Å²) in [6.07, 6.45) is 1.20. The van der Waals surface area contributed by atoms with Crippen molar-refractivity contribution in [3.05, 3.63) is 29.8 Å². The van der Waals surface area contributed by atoms with Crippen LogP contribution in [0.2, 0.25) is 0 Å². The van der Waals surface area contributed by atoms with Gasteiger partial charge in [-0.15, -0.1) is 0 Å². The number of phenolic OH excluding ortho intramolecular Hbond substituents is 1. The van der Waals surface area contributed by atoms with Gasteiger partial charge in [-0.2, -0.15) is 0 Å². The average Bonchev–Trinajstić information content (AvgIpc) is 3.18. The Labute approximate surface area is 174 Å². The Morgan fingerprint density at radius 2 is 1.83 bits per heavy atom. The number of aliphatic carboxylic acids is 1. The maximum absolute atomic E-state index is 12.9. The molecule has 1 aromatic carbocycles. The number of quaternary nitrogens is 1. The molecule has 1 fully saturated rings. The van der Waals surface area contributed by atoms with Crippen LogP contribution in [0.15, 0.2) is 24.3 Å². The molecule has 164 valence electrons. The minimum atomic E-state index is -1.45. The molecule has 0 spiro atoms. The first-order chi connectivity index (χ1) is 14.1. The van der Waals surface area contributed by atoms with Crippen molar-refractivity contribution in [3.63, 3.8) is 0 Å². The van der Waals surface area contributed by atoms with Gasteiger partial charge in [0, 0.05) is 13.0 Å². The Morgan fingerprint density at radius 1 is 1.20 bits per heavy atom. The van der Waals surface area contributed by atoms with Crippen molar-refractivity contribution < 1.29 is 35.1 Å². The SMILES string of the molecule is C[C@H]([NH3+])C(=O)N1CCC[C@H]1C(=O)N[C@@H](Cc1ccc(O)cc1)C(=O)N[C@@H](C)C(=O)[O-]. The zero-order chi connectivity index (χ0) is 22.4. The third kappa shape index (κ3) is 5.93. The molecule has 0 saturated carbocycles. The summed E-state index contributed by atoms with van der Waals surface area (Å²) in [6.45, 7) is 3.35.